The van der Waals surface area contributed by atoms with Crippen LogP contribution >= 0.6 is 23.1 Å². The van der Waals surface area contributed by atoms with Gasteiger partial charge in [0.25, 0.3) is 5.95 Å². The van der Waals surface area contributed by atoms with Gasteiger partial charge < -0.3 is 15.9 Å². The summed E-state index contributed by atoms with van der Waals surface area (Å²) in [5.74, 6) is 6.25. The van der Waals surface area contributed by atoms with Crippen molar-refractivity contribution >= 4 is 40.0 Å². The summed E-state index contributed by atoms with van der Waals surface area (Å²) < 4.78 is 8.10. The lowest BCUT2D eigenvalue weighted by atomic mass is 10.1. The molecule has 0 saturated heterocycles. The van der Waals surface area contributed by atoms with E-state index in [1.165, 1.54) is 16.0 Å². The molecule has 1 amide bonds. The molecule has 10 nitrogen and oxygen atoms in total. The molecule has 0 spiro atoms. The summed E-state index contributed by atoms with van der Waals surface area (Å²) in [6.45, 7) is 5.82. The average Bonchev–Trinajstić information content (AvgIpc) is 3.26. The first-order valence-corrected chi connectivity index (χ1v) is 11.7. The molecule has 1 aliphatic rings. The van der Waals surface area contributed by atoms with Gasteiger partial charge in [0, 0.05) is 5.69 Å². The Morgan fingerprint density at radius 1 is 1.35 bits per heavy atom. The zero-order valence-corrected chi connectivity index (χ0v) is 19.0. The van der Waals surface area contributed by atoms with Gasteiger partial charge in [-0.3, -0.25) is 4.79 Å². The predicted octanol–water partition coefficient (Wildman–Crippen LogP) is 2.64. The van der Waals surface area contributed by atoms with Crippen molar-refractivity contribution < 1.29 is 14.3 Å². The normalized spacial score (nSPS) is 13.4. The number of thioether (sulfide) groups is 1. The number of esters is 1. The Morgan fingerprint density at radius 3 is 2.77 bits per heavy atom. The van der Waals surface area contributed by atoms with Crippen molar-refractivity contribution in [3.63, 3.8) is 0 Å². The van der Waals surface area contributed by atoms with E-state index in [9.17, 15) is 9.59 Å². The highest BCUT2D eigenvalue weighted by Crippen LogP contribution is 2.46. The molecule has 3 aromatic rings. The van der Waals surface area contributed by atoms with Crippen LogP contribution < -0.4 is 11.2 Å². The summed E-state index contributed by atoms with van der Waals surface area (Å²) in [5.41, 5.74) is 3.15. The second kappa shape index (κ2) is 8.71. The molecule has 0 bridgehead atoms. The van der Waals surface area contributed by atoms with E-state index >= 15 is 0 Å². The number of thiophene rings is 1. The number of rotatable bonds is 8. The van der Waals surface area contributed by atoms with E-state index in [4.69, 9.17) is 10.6 Å². The third-order valence-corrected chi connectivity index (χ3v) is 6.60. The summed E-state index contributed by atoms with van der Waals surface area (Å²) in [5, 5.41) is 18.2. The van der Waals surface area contributed by atoms with Gasteiger partial charge in [-0.05, 0) is 56.5 Å². The molecule has 12 heteroatoms. The van der Waals surface area contributed by atoms with Crippen LogP contribution in [0.25, 0.3) is 5.95 Å². The van der Waals surface area contributed by atoms with Gasteiger partial charge in [-0.15, -0.1) is 21.5 Å². The largest absolute Gasteiger partial charge is 0.462 e. The van der Waals surface area contributed by atoms with Gasteiger partial charge in [-0.25, -0.2) is 14.2 Å². The van der Waals surface area contributed by atoms with Crippen molar-refractivity contribution in [1.82, 2.24) is 24.7 Å². The van der Waals surface area contributed by atoms with Gasteiger partial charge in [0.1, 0.15) is 5.00 Å². The average molecular weight is 462 g/mol. The lowest BCUT2D eigenvalue weighted by Crippen LogP contribution is -2.19. The molecule has 1 saturated carbocycles. The highest BCUT2D eigenvalue weighted by Gasteiger charge is 2.32. The third kappa shape index (κ3) is 4.44. The molecule has 3 N–H and O–H groups in total. The molecule has 3 heterocycles. The molecule has 31 heavy (non-hydrogen) atoms. The number of nitrogens with zero attached hydrogens (tertiary/aromatic N) is 5. The van der Waals surface area contributed by atoms with Crippen molar-refractivity contribution in [2.45, 2.75) is 44.7 Å². The van der Waals surface area contributed by atoms with E-state index in [0.717, 1.165) is 41.6 Å². The molecule has 0 unspecified atom stereocenters. The van der Waals surface area contributed by atoms with E-state index in [0.29, 0.717) is 27.6 Å². The van der Waals surface area contributed by atoms with Crippen molar-refractivity contribution in [1.29, 1.82) is 0 Å². The summed E-state index contributed by atoms with van der Waals surface area (Å²) in [6, 6.07) is 1.91. The van der Waals surface area contributed by atoms with Gasteiger partial charge in [-0.2, -0.15) is 5.10 Å². The topological polar surface area (TPSA) is 130 Å². The number of ether oxygens (including phenoxy) is 1. The van der Waals surface area contributed by atoms with Crippen molar-refractivity contribution in [3.05, 3.63) is 34.0 Å². The number of hydrogen-bond acceptors (Lipinski definition) is 9. The Balaban J connectivity index is 1.44. The van der Waals surface area contributed by atoms with Crippen LogP contribution in [0.4, 0.5) is 5.00 Å². The standard InChI is InChI=1S/C19H23N7O3S2/c1-4-29-17(28)15-13(12-5-6-12)8-30-16(15)21-14(27)9-31-19-23-22-18(25(19)20)26-11(3)7-10(2)24-26/h7-8,12H,4-6,9,20H2,1-3H3,(H,21,27). The van der Waals surface area contributed by atoms with Crippen LogP contribution in [0.2, 0.25) is 0 Å². The number of hydrogen-bond donors (Lipinski definition) is 2. The van der Waals surface area contributed by atoms with Crippen LogP contribution in [0.3, 0.4) is 0 Å². The number of carbonyl (C=O) groups excluding carboxylic acids is 2. The highest BCUT2D eigenvalue weighted by atomic mass is 32.2. The molecule has 164 valence electrons. The Labute approximate surface area is 187 Å². The summed E-state index contributed by atoms with van der Waals surface area (Å²) in [7, 11) is 0. The number of nitrogens with one attached hydrogen (secondary N) is 1. The predicted molar refractivity (Wildman–Crippen MR) is 118 cm³/mol. The fourth-order valence-corrected chi connectivity index (χ4v) is 4.91. The summed E-state index contributed by atoms with van der Waals surface area (Å²) >= 11 is 2.50. The fourth-order valence-electron chi connectivity index (χ4n) is 3.21. The molecule has 1 fully saturated rings. The number of nitrogen functional groups attached to an aromatic ring is 1. The smallest absolute Gasteiger partial charge is 0.341 e. The number of anilines is 1. The van der Waals surface area contributed by atoms with Gasteiger partial charge >= 0.3 is 5.97 Å². The second-order valence-electron chi connectivity index (χ2n) is 7.22. The minimum absolute atomic E-state index is 0.0609. The SMILES string of the molecule is CCOC(=O)c1c(C2CC2)csc1NC(=O)CSc1nnc(-n2nc(C)cc2C)n1N. The van der Waals surface area contributed by atoms with Gasteiger partial charge in [0.05, 0.1) is 23.6 Å². The maximum atomic E-state index is 12.6. The maximum Gasteiger partial charge on any atom is 0.341 e. The number of carbonyl (C=O) groups is 2. The number of aromatic nitrogens is 5. The molecular weight excluding hydrogens is 438 g/mol. The van der Waals surface area contributed by atoms with Crippen LogP contribution in [-0.2, 0) is 9.53 Å². The molecule has 3 aromatic heterocycles. The maximum absolute atomic E-state index is 12.6. The zero-order valence-electron chi connectivity index (χ0n) is 17.4. The van der Waals surface area contributed by atoms with E-state index in [-0.39, 0.29) is 18.3 Å². The lowest BCUT2D eigenvalue weighted by Gasteiger charge is -2.08. The second-order valence-corrected chi connectivity index (χ2v) is 9.04. The van der Waals surface area contributed by atoms with Crippen molar-refractivity contribution in [2.75, 3.05) is 23.5 Å². The van der Waals surface area contributed by atoms with Crippen LogP contribution in [-0.4, -0.2) is 48.9 Å². The van der Waals surface area contributed by atoms with Crippen LogP contribution in [0.1, 0.15) is 53.0 Å². The molecule has 4 rings (SSSR count). The number of amides is 1. The quantitative estimate of drug-likeness (QED) is 0.297. The zero-order chi connectivity index (χ0) is 22.1. The molecule has 1 aliphatic carbocycles. The van der Waals surface area contributed by atoms with E-state index in [2.05, 4.69) is 20.6 Å². The van der Waals surface area contributed by atoms with E-state index < -0.39 is 5.97 Å². The van der Waals surface area contributed by atoms with Gasteiger partial charge in [0.2, 0.25) is 11.1 Å². The van der Waals surface area contributed by atoms with Gasteiger partial charge in [0.15, 0.2) is 0 Å². The summed E-state index contributed by atoms with van der Waals surface area (Å²) in [4.78, 5) is 25.0. The Bertz CT molecular complexity index is 1130. The van der Waals surface area contributed by atoms with Gasteiger partial charge in [-0.1, -0.05) is 11.8 Å². The fraction of sp³-hybridized carbons (Fsp3) is 0.421. The van der Waals surface area contributed by atoms with Crippen LogP contribution in [0, 0.1) is 13.8 Å². The Morgan fingerprint density at radius 2 is 2.13 bits per heavy atom. The van der Waals surface area contributed by atoms with Crippen LogP contribution in [0.15, 0.2) is 16.6 Å². The Kier molecular flexibility index (Phi) is 6.01. The summed E-state index contributed by atoms with van der Waals surface area (Å²) in [6.07, 6.45) is 2.10. The van der Waals surface area contributed by atoms with Crippen molar-refractivity contribution in [2.24, 2.45) is 0 Å². The Hall–Kier alpha value is -2.86. The first-order chi connectivity index (χ1) is 14.9. The molecule has 0 aliphatic heterocycles. The molecule has 0 radical (unpaired) electrons. The lowest BCUT2D eigenvalue weighted by molar-refractivity contribution is -0.113. The van der Waals surface area contributed by atoms with E-state index in [1.807, 2.05) is 25.3 Å². The van der Waals surface area contributed by atoms with E-state index in [1.54, 1.807) is 11.6 Å². The minimum Gasteiger partial charge on any atom is -0.462 e. The van der Waals surface area contributed by atoms with Crippen molar-refractivity contribution in [3.8, 4) is 5.95 Å². The monoisotopic (exact) mass is 461 g/mol. The third-order valence-electron chi connectivity index (χ3n) is 4.75. The number of nitrogens with two attached hydrogens (primary N) is 1. The highest BCUT2D eigenvalue weighted by molar-refractivity contribution is 7.99. The first kappa shape index (κ1) is 21.4. The number of aryl methyl sites for hydroxylation is 2. The molecule has 0 atom stereocenters. The molecular formula is C19H23N7O3S2. The molecule has 0 aromatic carbocycles. The van der Waals surface area contributed by atoms with Crippen LogP contribution in [0.5, 0.6) is 0 Å². The first-order valence-electron chi connectivity index (χ1n) is 9.84. The minimum atomic E-state index is -0.398.